The van der Waals surface area contributed by atoms with Gasteiger partial charge in [0.15, 0.2) is 0 Å². The van der Waals surface area contributed by atoms with Gasteiger partial charge in [0, 0.05) is 54.1 Å². The van der Waals surface area contributed by atoms with Crippen LogP contribution in [0.4, 0.5) is 16.2 Å². The summed E-state index contributed by atoms with van der Waals surface area (Å²) in [6.07, 6.45) is 11.5. The molecule has 746 valence electrons. The smallest absolute Gasteiger partial charge is 0.407 e. The summed E-state index contributed by atoms with van der Waals surface area (Å²) in [5, 5.41) is 14.1. The average Bonchev–Trinajstić information content (AvgIpc) is 1.62. The van der Waals surface area contributed by atoms with E-state index in [1.165, 1.54) is 68.8 Å². The number of aliphatic carboxylic acids is 1. The van der Waals surface area contributed by atoms with E-state index >= 15 is 0 Å². The number of carboxylic acids is 1. The van der Waals surface area contributed by atoms with Gasteiger partial charge in [-0.2, -0.15) is 0 Å². The Morgan fingerprint density at radius 3 is 0.934 bits per heavy atom. The standard InChI is InChI=1S/C52H70N2O14.C32H44O11.C20H27NO4/c1-51(2,3)67-48(56)19-16-39-15-17-40(18-20-49(57)68-52(4,5)6)46(37-39)54-47(55)21-23-59-25-27-61-29-31-63-33-35-65-36-34-64-32-30-62-28-26-60-24-22-53-50(58)66-38-45-43-13-9-7-11-41(43)42-12-8-10-14-44(42)45;33-31(34)9-11-36-13-15-38-17-19-40-21-23-42-24-22-41-20-18-39-16-14-37-12-10-32(35)43-25-30-28-7-3-1-5-26(28)27-6-2-4-8-29(27)30;1-19(2,3)24-17(22)11-8-14-7-9-15(16(21)13-14)10-12-18(23)25-20(4,5)6/h7-20,37,45H,21-36,38H2,1-6H3,(H,53,58)(H,54,55);1-8,30H,9-25H2,(H,33,34);7-13H,21H2,1-6H3/b19-16+,20-18+;;11-8+,12-10+. The van der Waals surface area contributed by atoms with Crippen LogP contribution in [0.5, 0.6) is 0 Å². The van der Waals surface area contributed by atoms with Crippen molar-refractivity contribution in [3.63, 3.8) is 0 Å². The highest BCUT2D eigenvalue weighted by atomic mass is 16.6. The molecule has 2 aliphatic rings. The number of alkyl carbamates (subject to hydrolysis) is 1. The van der Waals surface area contributed by atoms with Crippen molar-refractivity contribution in [1.29, 1.82) is 0 Å². The highest BCUT2D eigenvalue weighted by molar-refractivity contribution is 5.96. The summed E-state index contributed by atoms with van der Waals surface area (Å²) in [5.74, 6) is -3.22. The molecule has 0 aromatic heterocycles. The van der Waals surface area contributed by atoms with Gasteiger partial charge in [-0.3, -0.25) is 14.4 Å². The van der Waals surface area contributed by atoms with E-state index in [-0.39, 0.29) is 69.4 Å². The number of fused-ring (bicyclic) bond motifs is 6. The van der Waals surface area contributed by atoms with Gasteiger partial charge in [-0.05, 0) is 186 Å². The molecule has 0 radical (unpaired) electrons. The zero-order chi connectivity index (χ0) is 98.7. The molecular weight excluding hydrogens is 1760 g/mol. The SMILES string of the molecule is CC(C)(C)OC(=O)/C=C/c1ccc(/C=C/C(=O)OC(C)(C)C)c(N)c1.CC(C)(C)OC(=O)/C=C/c1ccc(/C=C/C(=O)OC(C)(C)C)c(NC(=O)CCOCCOCCOCCOCCOCCOCCOCCNC(=O)OCC2c3ccccc3-c3ccccc32)c1.O=C(O)CCOCCOCCOCCOCCOCCOCCOCCC(=O)OCC1c2ccccc2-c2ccccc21. The lowest BCUT2D eigenvalue weighted by atomic mass is 9.98. The normalized spacial score (nSPS) is 12.5. The number of carbonyl (C=O) groups excluding carboxylic acids is 7. The number of hydrogen-bond donors (Lipinski definition) is 4. The third kappa shape index (κ3) is 50.8. The number of ether oxygens (including phenoxy) is 20. The molecule has 0 bridgehead atoms. The summed E-state index contributed by atoms with van der Waals surface area (Å²) in [7, 11) is 0. The number of nitrogens with two attached hydrogens (primary N) is 1. The largest absolute Gasteiger partial charge is 0.481 e. The van der Waals surface area contributed by atoms with E-state index in [9.17, 15) is 38.4 Å². The predicted molar refractivity (Wildman–Crippen MR) is 516 cm³/mol. The number of rotatable bonds is 61. The van der Waals surface area contributed by atoms with E-state index in [1.807, 2.05) is 69.3 Å². The topological polar surface area (TPSA) is 391 Å². The Balaban J connectivity index is 0.000000353. The Morgan fingerprint density at radius 1 is 0.324 bits per heavy atom. The van der Waals surface area contributed by atoms with E-state index in [4.69, 9.17) is 106 Å². The maximum atomic E-state index is 12.8. The molecule has 2 amide bonds. The summed E-state index contributed by atoms with van der Waals surface area (Å²) in [6.45, 7) is 33.5. The first-order valence-corrected chi connectivity index (χ1v) is 45.9. The number of anilines is 2. The summed E-state index contributed by atoms with van der Waals surface area (Å²) in [6, 6.07) is 43.5. The van der Waals surface area contributed by atoms with Gasteiger partial charge >= 0.3 is 41.9 Å². The maximum absolute atomic E-state index is 12.8. The molecule has 6 aromatic carbocycles. The number of hydrogen-bond acceptors (Lipinski definition) is 29. The van der Waals surface area contributed by atoms with E-state index in [1.54, 1.807) is 123 Å². The van der Waals surface area contributed by atoms with E-state index in [0.29, 0.717) is 206 Å². The molecule has 0 aliphatic heterocycles. The van der Waals surface area contributed by atoms with E-state index < -0.39 is 58.3 Å². The molecule has 6 aromatic rings. The first-order chi connectivity index (χ1) is 65.2. The Bertz CT molecular complexity index is 4600. The second-order valence-electron chi connectivity index (χ2n) is 34.6. The third-order valence-corrected chi connectivity index (χ3v) is 18.8. The summed E-state index contributed by atoms with van der Waals surface area (Å²) in [4.78, 5) is 95.6. The minimum absolute atomic E-state index is 0.00607. The first kappa shape index (κ1) is 114. The fourth-order valence-corrected chi connectivity index (χ4v) is 12.9. The van der Waals surface area contributed by atoms with Gasteiger partial charge in [0.05, 0.1) is 204 Å². The lowest BCUT2D eigenvalue weighted by Crippen LogP contribution is -2.29. The molecule has 5 N–H and O–H groups in total. The molecule has 0 saturated carbocycles. The monoisotopic (exact) mass is 1900 g/mol. The average molecular weight is 1900 g/mol. The van der Waals surface area contributed by atoms with Crippen LogP contribution in [0.15, 0.2) is 158 Å². The maximum Gasteiger partial charge on any atom is 0.407 e. The highest BCUT2D eigenvalue weighted by Crippen LogP contribution is 2.46. The van der Waals surface area contributed by atoms with Crippen molar-refractivity contribution in [1.82, 2.24) is 5.32 Å². The predicted octanol–water partition coefficient (Wildman–Crippen LogP) is 14.7. The quantitative estimate of drug-likeness (QED) is 0.00905. The molecule has 0 spiro atoms. The van der Waals surface area contributed by atoms with Crippen LogP contribution >= 0.6 is 0 Å². The van der Waals surface area contributed by atoms with Crippen LogP contribution < -0.4 is 16.4 Å². The molecule has 8 rings (SSSR count). The number of benzene rings is 6. The van der Waals surface area contributed by atoms with Gasteiger partial charge in [-0.1, -0.05) is 121 Å². The summed E-state index contributed by atoms with van der Waals surface area (Å²) < 4.78 is 109. The van der Waals surface area contributed by atoms with Crippen LogP contribution in [0.3, 0.4) is 0 Å². The number of carbonyl (C=O) groups is 8. The Kier molecular flexibility index (Phi) is 53.7. The molecule has 136 heavy (non-hydrogen) atoms. The molecular formula is C104H141N3O29. The van der Waals surface area contributed by atoms with E-state index in [2.05, 4.69) is 59.2 Å². The van der Waals surface area contributed by atoms with Crippen LogP contribution in [-0.4, -0.2) is 280 Å². The van der Waals surface area contributed by atoms with Crippen molar-refractivity contribution < 1.29 is 138 Å². The van der Waals surface area contributed by atoms with Crippen molar-refractivity contribution >= 4 is 83.5 Å². The number of amides is 2. The second kappa shape index (κ2) is 64.2. The second-order valence-corrected chi connectivity index (χ2v) is 34.6. The van der Waals surface area contributed by atoms with Gasteiger partial charge < -0.3 is 116 Å². The summed E-state index contributed by atoms with van der Waals surface area (Å²) >= 11 is 0. The molecule has 0 atom stereocenters. The molecule has 32 heteroatoms. The van der Waals surface area contributed by atoms with Gasteiger partial charge in [0.1, 0.15) is 35.6 Å². The lowest BCUT2D eigenvalue weighted by molar-refractivity contribution is -0.149. The lowest BCUT2D eigenvalue weighted by Gasteiger charge is -2.18. The zero-order valence-corrected chi connectivity index (χ0v) is 81.0. The number of esters is 5. The van der Waals surface area contributed by atoms with Gasteiger partial charge in [-0.15, -0.1) is 0 Å². The fraction of sp³-hybridized carbons (Fsp3) is 0.500. The van der Waals surface area contributed by atoms with Gasteiger partial charge in [0.25, 0.3) is 0 Å². The third-order valence-electron chi connectivity index (χ3n) is 18.8. The van der Waals surface area contributed by atoms with Crippen LogP contribution in [-0.2, 0) is 128 Å². The van der Waals surface area contributed by atoms with Gasteiger partial charge in [0.2, 0.25) is 5.91 Å². The molecule has 0 unspecified atom stereocenters. The van der Waals surface area contributed by atoms with Crippen molar-refractivity contribution in [2.75, 3.05) is 216 Å². The van der Waals surface area contributed by atoms with Crippen LogP contribution in [0, 0.1) is 0 Å². The molecule has 2 aliphatic carbocycles. The van der Waals surface area contributed by atoms with Crippen LogP contribution in [0.1, 0.15) is 159 Å². The van der Waals surface area contributed by atoms with Crippen LogP contribution in [0.25, 0.3) is 46.6 Å². The first-order valence-electron chi connectivity index (χ1n) is 45.9. The van der Waals surface area contributed by atoms with Gasteiger partial charge in [-0.25, -0.2) is 24.0 Å². The molecule has 0 fully saturated rings. The van der Waals surface area contributed by atoms with Crippen molar-refractivity contribution in [3.8, 4) is 22.3 Å². The minimum atomic E-state index is -0.877. The number of nitrogens with one attached hydrogen (secondary N) is 2. The molecule has 32 nitrogen and oxygen atoms in total. The number of carboxylic acid groups (broad SMARTS) is 1. The van der Waals surface area contributed by atoms with Crippen molar-refractivity contribution in [3.05, 3.63) is 202 Å². The van der Waals surface area contributed by atoms with E-state index in [0.717, 1.165) is 5.56 Å². The Morgan fingerprint density at radius 2 is 0.603 bits per heavy atom. The molecule has 0 heterocycles. The number of nitrogen functional groups attached to an aromatic ring is 1. The zero-order valence-electron chi connectivity index (χ0n) is 81.0. The fourth-order valence-electron chi connectivity index (χ4n) is 12.9. The Hall–Kier alpha value is -10.9. The van der Waals surface area contributed by atoms with Crippen molar-refractivity contribution in [2.45, 2.75) is 137 Å². The van der Waals surface area contributed by atoms with Crippen LogP contribution in [0.2, 0.25) is 0 Å². The summed E-state index contributed by atoms with van der Waals surface area (Å²) in [5.41, 5.74) is 16.8. The van der Waals surface area contributed by atoms with Crippen molar-refractivity contribution in [2.24, 2.45) is 0 Å². The highest BCUT2D eigenvalue weighted by Gasteiger charge is 2.31. The molecule has 0 saturated heterocycles. The Labute approximate surface area is 800 Å². The minimum Gasteiger partial charge on any atom is -0.481 e.